The van der Waals surface area contributed by atoms with Crippen molar-refractivity contribution in [2.75, 3.05) is 0 Å². The first kappa shape index (κ1) is 8.92. The summed E-state index contributed by atoms with van der Waals surface area (Å²) in [6, 6.07) is 0. The normalized spacial score (nSPS) is 16.3. The molecule has 0 saturated heterocycles. The van der Waals surface area contributed by atoms with E-state index in [9.17, 15) is 0 Å². The van der Waals surface area contributed by atoms with E-state index in [0.717, 1.165) is 0 Å². The molecule has 2 nitrogen and oxygen atoms in total. The molecule has 0 amide bonds. The minimum absolute atomic E-state index is 0.190. The second-order valence-electron chi connectivity index (χ2n) is 3.73. The summed E-state index contributed by atoms with van der Waals surface area (Å²) in [5.74, 6) is 0.373. The molecule has 0 heterocycles. The Morgan fingerprint density at radius 1 is 1.11 bits per heavy atom. The Bertz CT molecular complexity index is 81.4. The maximum absolute atomic E-state index is 5.50. The number of rotatable bonds is 1. The molecule has 0 aromatic carbocycles. The Kier molecular flexibility index (Phi) is 2.65. The van der Waals surface area contributed by atoms with Gasteiger partial charge in [-0.05, 0) is 11.3 Å². The van der Waals surface area contributed by atoms with E-state index in [1.807, 2.05) is 0 Å². The molecule has 1 atom stereocenters. The van der Waals surface area contributed by atoms with Gasteiger partial charge >= 0.3 is 0 Å². The smallest absolute Gasteiger partial charge is 0.0552 e. The van der Waals surface area contributed by atoms with Crippen LogP contribution in [0.1, 0.15) is 27.7 Å². The van der Waals surface area contributed by atoms with Gasteiger partial charge in [-0.3, -0.25) is 0 Å². The molecule has 0 aliphatic heterocycles. The lowest BCUT2D eigenvalue weighted by Gasteiger charge is -2.29. The summed E-state index contributed by atoms with van der Waals surface area (Å²) in [5.41, 5.74) is 11.2. The van der Waals surface area contributed by atoms with Crippen molar-refractivity contribution >= 4 is 0 Å². The van der Waals surface area contributed by atoms with Crippen LogP contribution in [-0.2, 0) is 0 Å². The van der Waals surface area contributed by atoms with E-state index in [1.165, 1.54) is 0 Å². The fraction of sp³-hybridized carbons (Fsp3) is 1.00. The van der Waals surface area contributed by atoms with Crippen LogP contribution in [-0.4, -0.2) is 6.17 Å². The SMILES string of the molecule is CC(C(N)N)C(C)(C)C. The van der Waals surface area contributed by atoms with Crippen LogP contribution < -0.4 is 11.5 Å². The molecule has 0 radical (unpaired) electrons. The lowest BCUT2D eigenvalue weighted by molar-refractivity contribution is 0.224. The van der Waals surface area contributed by atoms with Crippen LogP contribution >= 0.6 is 0 Å². The standard InChI is InChI=1S/C7H18N2/c1-5(6(8)9)7(2,3)4/h5-6H,8-9H2,1-4H3. The van der Waals surface area contributed by atoms with E-state index < -0.39 is 0 Å². The Morgan fingerprint density at radius 3 is 1.44 bits per heavy atom. The molecule has 9 heavy (non-hydrogen) atoms. The van der Waals surface area contributed by atoms with Gasteiger partial charge in [0.1, 0.15) is 0 Å². The van der Waals surface area contributed by atoms with E-state index in [-0.39, 0.29) is 11.6 Å². The molecule has 4 N–H and O–H groups in total. The molecule has 0 fully saturated rings. The maximum Gasteiger partial charge on any atom is 0.0552 e. The highest BCUT2D eigenvalue weighted by molar-refractivity contribution is 4.75. The first-order valence-corrected chi connectivity index (χ1v) is 3.37. The Hall–Kier alpha value is -0.0800. The summed E-state index contributed by atoms with van der Waals surface area (Å²) in [5, 5.41) is 0. The summed E-state index contributed by atoms with van der Waals surface area (Å²) in [7, 11) is 0. The third-order valence-corrected chi connectivity index (χ3v) is 1.94. The quantitative estimate of drug-likeness (QED) is 0.518. The van der Waals surface area contributed by atoms with Crippen molar-refractivity contribution in [1.82, 2.24) is 0 Å². The van der Waals surface area contributed by atoms with Gasteiger partial charge in [-0.25, -0.2) is 0 Å². The topological polar surface area (TPSA) is 52.0 Å². The van der Waals surface area contributed by atoms with Crippen molar-refractivity contribution in [3.8, 4) is 0 Å². The summed E-state index contributed by atoms with van der Waals surface area (Å²) in [4.78, 5) is 0. The van der Waals surface area contributed by atoms with Crippen LogP contribution in [0.5, 0.6) is 0 Å². The number of nitrogens with two attached hydrogens (primary N) is 2. The van der Waals surface area contributed by atoms with Crippen molar-refractivity contribution in [2.45, 2.75) is 33.9 Å². The minimum atomic E-state index is -0.190. The lowest BCUT2D eigenvalue weighted by Crippen LogP contribution is -2.43. The molecule has 0 aromatic rings. The highest BCUT2D eigenvalue weighted by atomic mass is 14.9. The summed E-state index contributed by atoms with van der Waals surface area (Å²) >= 11 is 0. The molecule has 0 saturated carbocycles. The highest BCUT2D eigenvalue weighted by Crippen LogP contribution is 2.25. The highest BCUT2D eigenvalue weighted by Gasteiger charge is 2.22. The average Bonchev–Trinajstić information content (AvgIpc) is 1.62. The second kappa shape index (κ2) is 2.67. The van der Waals surface area contributed by atoms with Crippen molar-refractivity contribution in [3.63, 3.8) is 0 Å². The van der Waals surface area contributed by atoms with Crippen LogP contribution in [0.15, 0.2) is 0 Å². The van der Waals surface area contributed by atoms with Gasteiger partial charge < -0.3 is 11.5 Å². The van der Waals surface area contributed by atoms with Gasteiger partial charge in [0.25, 0.3) is 0 Å². The third-order valence-electron chi connectivity index (χ3n) is 1.94. The maximum atomic E-state index is 5.50. The van der Waals surface area contributed by atoms with Crippen LogP contribution in [0, 0.1) is 11.3 Å². The molecular formula is C7H18N2. The van der Waals surface area contributed by atoms with Gasteiger partial charge in [-0.15, -0.1) is 0 Å². The van der Waals surface area contributed by atoms with Gasteiger partial charge in [0.2, 0.25) is 0 Å². The first-order chi connectivity index (χ1) is 3.85. The molecule has 0 aliphatic rings. The van der Waals surface area contributed by atoms with E-state index in [2.05, 4.69) is 27.7 Å². The summed E-state index contributed by atoms with van der Waals surface area (Å²) < 4.78 is 0. The Morgan fingerprint density at radius 2 is 1.44 bits per heavy atom. The zero-order chi connectivity index (χ0) is 7.65. The first-order valence-electron chi connectivity index (χ1n) is 3.37. The van der Waals surface area contributed by atoms with Crippen molar-refractivity contribution < 1.29 is 0 Å². The van der Waals surface area contributed by atoms with E-state index in [0.29, 0.717) is 5.92 Å². The Labute approximate surface area is 57.6 Å². The third kappa shape index (κ3) is 2.82. The summed E-state index contributed by atoms with van der Waals surface area (Å²) in [6.45, 7) is 8.50. The van der Waals surface area contributed by atoms with Gasteiger partial charge in [-0.1, -0.05) is 27.7 Å². The monoisotopic (exact) mass is 130 g/mol. The predicted octanol–water partition coefficient (Wildman–Crippen LogP) is 0.912. The fourth-order valence-electron chi connectivity index (χ4n) is 0.577. The van der Waals surface area contributed by atoms with Crippen LogP contribution in [0.3, 0.4) is 0 Å². The molecule has 2 heteroatoms. The van der Waals surface area contributed by atoms with Crippen LogP contribution in [0.25, 0.3) is 0 Å². The average molecular weight is 130 g/mol. The van der Waals surface area contributed by atoms with Crippen molar-refractivity contribution in [1.29, 1.82) is 0 Å². The minimum Gasteiger partial charge on any atom is -0.316 e. The lowest BCUT2D eigenvalue weighted by atomic mass is 9.80. The summed E-state index contributed by atoms with van der Waals surface area (Å²) in [6.07, 6.45) is -0.190. The molecule has 0 aliphatic carbocycles. The van der Waals surface area contributed by atoms with E-state index in [4.69, 9.17) is 11.5 Å². The van der Waals surface area contributed by atoms with Gasteiger partial charge in [0, 0.05) is 0 Å². The van der Waals surface area contributed by atoms with Crippen molar-refractivity contribution in [2.24, 2.45) is 22.8 Å². The fourth-order valence-corrected chi connectivity index (χ4v) is 0.577. The number of hydrogen-bond donors (Lipinski definition) is 2. The second-order valence-corrected chi connectivity index (χ2v) is 3.73. The molecular weight excluding hydrogens is 112 g/mol. The van der Waals surface area contributed by atoms with E-state index in [1.54, 1.807) is 0 Å². The Balaban J connectivity index is 3.88. The molecule has 56 valence electrons. The van der Waals surface area contributed by atoms with Gasteiger partial charge in [0.05, 0.1) is 6.17 Å². The largest absolute Gasteiger partial charge is 0.316 e. The zero-order valence-electron chi connectivity index (χ0n) is 6.81. The van der Waals surface area contributed by atoms with Crippen molar-refractivity contribution in [3.05, 3.63) is 0 Å². The van der Waals surface area contributed by atoms with Gasteiger partial charge in [-0.2, -0.15) is 0 Å². The zero-order valence-corrected chi connectivity index (χ0v) is 6.81. The molecule has 0 bridgehead atoms. The van der Waals surface area contributed by atoms with E-state index >= 15 is 0 Å². The van der Waals surface area contributed by atoms with Crippen LogP contribution in [0.2, 0.25) is 0 Å². The molecule has 0 aromatic heterocycles. The number of hydrogen-bond acceptors (Lipinski definition) is 2. The van der Waals surface area contributed by atoms with Gasteiger partial charge in [0.15, 0.2) is 0 Å². The molecule has 1 unspecified atom stereocenters. The molecule has 0 rings (SSSR count). The van der Waals surface area contributed by atoms with Crippen LogP contribution in [0.4, 0.5) is 0 Å². The molecule has 0 spiro atoms. The predicted molar refractivity (Wildman–Crippen MR) is 40.8 cm³/mol.